The maximum atomic E-state index is 4.16. The number of hydrogen-bond acceptors (Lipinski definition) is 2. The average Bonchev–Trinajstić information content (AvgIpc) is 2.49. The molecule has 2 heteroatoms. The van der Waals surface area contributed by atoms with Crippen molar-refractivity contribution in [3.63, 3.8) is 0 Å². The second-order valence-corrected chi connectivity index (χ2v) is 5.83. The van der Waals surface area contributed by atoms with Crippen molar-refractivity contribution >= 4 is 0 Å². The minimum Gasteiger partial charge on any atom is -0.310 e. The minimum absolute atomic E-state index is 0.521. The van der Waals surface area contributed by atoms with Gasteiger partial charge in [0, 0.05) is 18.4 Å². The van der Waals surface area contributed by atoms with E-state index in [9.17, 15) is 0 Å². The normalized spacial score (nSPS) is 25.2. The average molecular weight is 260 g/mol. The van der Waals surface area contributed by atoms with E-state index < -0.39 is 0 Å². The van der Waals surface area contributed by atoms with E-state index in [4.69, 9.17) is 0 Å². The topological polar surface area (TPSA) is 24.9 Å². The van der Waals surface area contributed by atoms with Crippen LogP contribution in [0.1, 0.15) is 64.0 Å². The molecular weight excluding hydrogens is 232 g/mol. The second-order valence-electron chi connectivity index (χ2n) is 5.83. The molecule has 1 aromatic heterocycles. The maximum absolute atomic E-state index is 4.16. The fourth-order valence-electron chi connectivity index (χ4n) is 3.57. The first-order valence-corrected chi connectivity index (χ1v) is 8.00. The van der Waals surface area contributed by atoms with Crippen molar-refractivity contribution in [2.24, 2.45) is 11.8 Å². The van der Waals surface area contributed by atoms with Crippen LogP contribution >= 0.6 is 0 Å². The Balaban J connectivity index is 2.16. The van der Waals surface area contributed by atoms with Crippen LogP contribution in [-0.2, 0) is 0 Å². The highest BCUT2D eigenvalue weighted by atomic mass is 14.9. The first kappa shape index (κ1) is 14.5. The van der Waals surface area contributed by atoms with Crippen LogP contribution < -0.4 is 5.32 Å². The van der Waals surface area contributed by atoms with Gasteiger partial charge < -0.3 is 5.32 Å². The van der Waals surface area contributed by atoms with Gasteiger partial charge in [-0.25, -0.2) is 0 Å². The summed E-state index contributed by atoms with van der Waals surface area (Å²) >= 11 is 0. The first-order chi connectivity index (χ1) is 9.36. The highest BCUT2D eigenvalue weighted by Gasteiger charge is 2.31. The van der Waals surface area contributed by atoms with Gasteiger partial charge in [0.1, 0.15) is 0 Å². The molecule has 0 aromatic carbocycles. The van der Waals surface area contributed by atoms with E-state index in [-0.39, 0.29) is 0 Å². The smallest absolute Gasteiger partial charge is 0.0352 e. The Morgan fingerprint density at radius 1 is 1.21 bits per heavy atom. The van der Waals surface area contributed by atoms with Crippen molar-refractivity contribution in [2.75, 3.05) is 6.54 Å². The van der Waals surface area contributed by atoms with Gasteiger partial charge in [-0.2, -0.15) is 0 Å². The summed E-state index contributed by atoms with van der Waals surface area (Å²) in [5.74, 6) is 1.68. The molecule has 0 amide bonds. The van der Waals surface area contributed by atoms with Crippen molar-refractivity contribution in [1.29, 1.82) is 0 Å². The van der Waals surface area contributed by atoms with Gasteiger partial charge in [0.2, 0.25) is 0 Å². The number of hydrogen-bond donors (Lipinski definition) is 1. The zero-order valence-electron chi connectivity index (χ0n) is 12.4. The largest absolute Gasteiger partial charge is 0.310 e. The lowest BCUT2D eigenvalue weighted by molar-refractivity contribution is 0.175. The van der Waals surface area contributed by atoms with Crippen LogP contribution in [0.3, 0.4) is 0 Å². The lowest BCUT2D eigenvalue weighted by Gasteiger charge is -2.37. The van der Waals surface area contributed by atoms with Gasteiger partial charge in [-0.1, -0.05) is 39.5 Å². The molecule has 2 nitrogen and oxygen atoms in total. The predicted molar refractivity (Wildman–Crippen MR) is 81.0 cm³/mol. The standard InChI is InChI=1S/C17H28N2/c1-3-11-19-17(15-9-12-18-13-10-15)16-8-6-5-7-14(16)4-2/h9-10,12-14,16-17,19H,3-8,11H2,1-2H3. The third-order valence-corrected chi connectivity index (χ3v) is 4.60. The highest BCUT2D eigenvalue weighted by molar-refractivity contribution is 5.16. The van der Waals surface area contributed by atoms with Gasteiger partial charge in [0.05, 0.1) is 0 Å². The van der Waals surface area contributed by atoms with Crippen LogP contribution in [0.2, 0.25) is 0 Å². The molecule has 0 saturated heterocycles. The van der Waals surface area contributed by atoms with Crippen LogP contribution in [0, 0.1) is 11.8 Å². The van der Waals surface area contributed by atoms with Gasteiger partial charge >= 0.3 is 0 Å². The van der Waals surface area contributed by atoms with E-state index in [1.165, 1.54) is 44.1 Å². The summed E-state index contributed by atoms with van der Waals surface area (Å²) < 4.78 is 0. The van der Waals surface area contributed by atoms with Gasteiger partial charge in [0.25, 0.3) is 0 Å². The fourth-order valence-corrected chi connectivity index (χ4v) is 3.57. The van der Waals surface area contributed by atoms with Crippen molar-refractivity contribution in [2.45, 2.75) is 58.4 Å². The molecule has 1 aliphatic carbocycles. The van der Waals surface area contributed by atoms with Crippen LogP contribution in [0.15, 0.2) is 24.5 Å². The molecular formula is C17H28N2. The van der Waals surface area contributed by atoms with Crippen molar-refractivity contribution < 1.29 is 0 Å². The van der Waals surface area contributed by atoms with Gasteiger partial charge in [-0.3, -0.25) is 4.98 Å². The molecule has 1 N–H and O–H groups in total. The Bertz CT molecular complexity index is 350. The third-order valence-electron chi connectivity index (χ3n) is 4.60. The molecule has 3 atom stereocenters. The monoisotopic (exact) mass is 260 g/mol. The minimum atomic E-state index is 0.521. The third kappa shape index (κ3) is 3.79. The summed E-state index contributed by atoms with van der Waals surface area (Å²) in [6.07, 6.45) is 12.0. The van der Waals surface area contributed by atoms with Crippen LogP contribution in [0.25, 0.3) is 0 Å². The number of rotatable bonds is 6. The number of nitrogens with one attached hydrogen (secondary N) is 1. The van der Waals surface area contributed by atoms with E-state index in [0.717, 1.165) is 18.4 Å². The lowest BCUT2D eigenvalue weighted by Crippen LogP contribution is -2.34. The highest BCUT2D eigenvalue weighted by Crippen LogP contribution is 2.40. The lowest BCUT2D eigenvalue weighted by atomic mass is 9.72. The zero-order valence-corrected chi connectivity index (χ0v) is 12.4. The Kier molecular flexibility index (Phi) is 5.84. The van der Waals surface area contributed by atoms with Crippen LogP contribution in [-0.4, -0.2) is 11.5 Å². The summed E-state index contributed by atoms with van der Waals surface area (Å²) in [7, 11) is 0. The summed E-state index contributed by atoms with van der Waals surface area (Å²) in [4.78, 5) is 4.16. The molecule has 3 unspecified atom stereocenters. The summed E-state index contributed by atoms with van der Waals surface area (Å²) in [6.45, 7) is 5.71. The molecule has 1 fully saturated rings. The predicted octanol–water partition coefficient (Wildman–Crippen LogP) is 4.34. The Morgan fingerprint density at radius 3 is 2.63 bits per heavy atom. The summed E-state index contributed by atoms with van der Waals surface area (Å²) in [5.41, 5.74) is 1.42. The molecule has 1 saturated carbocycles. The number of pyridine rings is 1. The molecule has 2 rings (SSSR count). The van der Waals surface area contributed by atoms with E-state index in [1.54, 1.807) is 0 Å². The Labute approximate surface area is 118 Å². The molecule has 0 spiro atoms. The molecule has 1 heterocycles. The van der Waals surface area contributed by atoms with Gasteiger partial charge in [0.15, 0.2) is 0 Å². The maximum Gasteiger partial charge on any atom is 0.0352 e. The molecule has 0 bridgehead atoms. The van der Waals surface area contributed by atoms with E-state index in [1.807, 2.05) is 12.4 Å². The van der Waals surface area contributed by atoms with Crippen molar-refractivity contribution in [1.82, 2.24) is 10.3 Å². The molecule has 1 aromatic rings. The Hall–Kier alpha value is -0.890. The second kappa shape index (κ2) is 7.64. The Morgan fingerprint density at radius 2 is 1.95 bits per heavy atom. The van der Waals surface area contributed by atoms with Crippen molar-refractivity contribution in [3.05, 3.63) is 30.1 Å². The summed E-state index contributed by atoms with van der Waals surface area (Å²) in [5, 5.41) is 3.79. The molecule has 106 valence electrons. The molecule has 19 heavy (non-hydrogen) atoms. The van der Waals surface area contributed by atoms with Crippen molar-refractivity contribution in [3.8, 4) is 0 Å². The van der Waals surface area contributed by atoms with Gasteiger partial charge in [-0.05, 0) is 48.9 Å². The molecule has 0 aliphatic heterocycles. The van der Waals surface area contributed by atoms with Crippen LogP contribution in [0.4, 0.5) is 0 Å². The SMILES string of the molecule is CCCNC(c1ccncc1)C1CCCCC1CC. The first-order valence-electron chi connectivity index (χ1n) is 8.00. The molecule has 1 aliphatic rings. The van der Waals surface area contributed by atoms with E-state index in [0.29, 0.717) is 6.04 Å². The zero-order chi connectivity index (χ0) is 13.5. The van der Waals surface area contributed by atoms with Crippen LogP contribution in [0.5, 0.6) is 0 Å². The number of nitrogens with zero attached hydrogens (tertiary/aromatic N) is 1. The van der Waals surface area contributed by atoms with E-state index in [2.05, 4.69) is 36.3 Å². The van der Waals surface area contributed by atoms with Gasteiger partial charge in [-0.15, -0.1) is 0 Å². The summed E-state index contributed by atoms with van der Waals surface area (Å²) in [6, 6.07) is 4.90. The number of aromatic nitrogens is 1. The quantitative estimate of drug-likeness (QED) is 0.823. The van der Waals surface area contributed by atoms with E-state index >= 15 is 0 Å². The fraction of sp³-hybridized carbons (Fsp3) is 0.706. The molecule has 0 radical (unpaired) electrons.